The Labute approximate surface area is 482 Å². The fraction of sp³-hybridized carbons (Fsp3) is 0.569. The van der Waals surface area contributed by atoms with E-state index in [1.165, 1.54) is 20.8 Å². The number of hydrogen-bond donors (Lipinski definition) is 12. The number of rotatable bonds is 34. The normalized spacial score (nSPS) is 14.3. The lowest BCUT2D eigenvalue weighted by molar-refractivity contribution is -0.138. The molecular formula is C58H90N14O10. The first-order chi connectivity index (χ1) is 38.5. The van der Waals surface area contributed by atoms with Crippen molar-refractivity contribution in [2.24, 2.45) is 34.5 Å². The molecule has 2 aromatic carbocycles. The Hall–Kier alpha value is -8.05. The molecule has 0 bridgehead atoms. The first-order valence-corrected chi connectivity index (χ1v) is 28.2. The molecule has 0 spiro atoms. The molecule has 1 aliphatic rings. The van der Waals surface area contributed by atoms with Crippen molar-refractivity contribution in [3.63, 3.8) is 0 Å². The lowest BCUT2D eigenvalue weighted by atomic mass is 9.97. The van der Waals surface area contributed by atoms with E-state index in [1.54, 1.807) is 64.0 Å². The topological polar surface area (TPSA) is 345 Å². The highest BCUT2D eigenvalue weighted by Gasteiger charge is 2.38. The summed E-state index contributed by atoms with van der Waals surface area (Å²) in [5.41, 5.74) is 12.4. The molecule has 0 unspecified atom stereocenters. The lowest BCUT2D eigenvalue weighted by Crippen LogP contribution is -2.64. The minimum atomic E-state index is -1.69. The summed E-state index contributed by atoms with van der Waals surface area (Å²) in [5, 5.41) is 30.6. The van der Waals surface area contributed by atoms with Crippen molar-refractivity contribution in [2.75, 3.05) is 18.2 Å². The zero-order valence-corrected chi connectivity index (χ0v) is 49.8. The third kappa shape index (κ3) is 22.8. The Balaban J connectivity index is 1.73. The van der Waals surface area contributed by atoms with E-state index >= 15 is 0 Å². The van der Waals surface area contributed by atoms with E-state index in [4.69, 9.17) is 5.73 Å². The third-order valence-electron chi connectivity index (χ3n) is 13.2. The van der Waals surface area contributed by atoms with Gasteiger partial charge < -0.3 is 53.6 Å². The smallest absolute Gasteiger partial charge is 0.251 e. The summed E-state index contributed by atoms with van der Waals surface area (Å²) in [5.74, 6) is -6.52. The molecule has 452 valence electrons. The van der Waals surface area contributed by atoms with Crippen LogP contribution in [0.4, 0.5) is 5.69 Å². The Kier molecular flexibility index (Phi) is 27.5. The maximum absolute atomic E-state index is 14.2. The molecule has 10 amide bonds. The number of hydrogen-bond acceptors (Lipinski definition) is 14. The van der Waals surface area contributed by atoms with Crippen molar-refractivity contribution in [1.82, 2.24) is 58.8 Å². The summed E-state index contributed by atoms with van der Waals surface area (Å²) in [6.07, 6.45) is 2.10. The number of primary amides is 1. The summed E-state index contributed by atoms with van der Waals surface area (Å²) in [7, 11) is 0. The van der Waals surface area contributed by atoms with E-state index in [0.29, 0.717) is 42.7 Å². The molecule has 0 aromatic heterocycles. The van der Waals surface area contributed by atoms with E-state index in [9.17, 15) is 47.9 Å². The van der Waals surface area contributed by atoms with Crippen LogP contribution in [-0.4, -0.2) is 120 Å². The van der Waals surface area contributed by atoms with Crippen LogP contribution in [0.2, 0.25) is 0 Å². The predicted molar refractivity (Wildman–Crippen MR) is 313 cm³/mol. The predicted octanol–water partition coefficient (Wildman–Crippen LogP) is 2.35. The molecule has 1 aliphatic heterocycles. The second kappa shape index (κ2) is 33.0. The second-order valence-electron chi connectivity index (χ2n) is 22.8. The fourth-order valence-corrected chi connectivity index (χ4v) is 8.56. The van der Waals surface area contributed by atoms with Gasteiger partial charge in [-0.2, -0.15) is 10.7 Å². The van der Waals surface area contributed by atoms with Gasteiger partial charge in [-0.05, 0) is 120 Å². The van der Waals surface area contributed by atoms with Crippen molar-refractivity contribution in [1.29, 1.82) is 0 Å². The van der Waals surface area contributed by atoms with Crippen LogP contribution < -0.4 is 69.7 Å². The molecule has 0 saturated carbocycles. The summed E-state index contributed by atoms with van der Waals surface area (Å²) in [6, 6.07) is 9.61. The number of amidine groups is 1. The van der Waals surface area contributed by atoms with E-state index < -0.39 is 95.0 Å². The van der Waals surface area contributed by atoms with Gasteiger partial charge in [-0.3, -0.25) is 53.4 Å². The van der Waals surface area contributed by atoms with Crippen molar-refractivity contribution < 1.29 is 47.9 Å². The highest BCUT2D eigenvalue weighted by Crippen LogP contribution is 2.17. The number of hydrazine groups is 2. The molecule has 24 nitrogen and oxygen atoms in total. The van der Waals surface area contributed by atoms with E-state index in [1.807, 2.05) is 58.0 Å². The van der Waals surface area contributed by atoms with Crippen molar-refractivity contribution in [3.8, 4) is 0 Å². The number of carbonyl (C=O) groups excluding carboxylic acids is 10. The van der Waals surface area contributed by atoms with Gasteiger partial charge in [0.15, 0.2) is 5.84 Å². The molecule has 0 aliphatic carbocycles. The number of para-hydroxylation sites is 1. The summed E-state index contributed by atoms with van der Waals surface area (Å²) < 4.78 is 0. The fourth-order valence-electron chi connectivity index (χ4n) is 8.56. The molecule has 2 aromatic rings. The number of unbranched alkanes of at least 4 members (excludes halogenated alkanes) is 2. The average molecular weight is 1140 g/mol. The van der Waals surface area contributed by atoms with Crippen molar-refractivity contribution in [2.45, 2.75) is 176 Å². The van der Waals surface area contributed by atoms with Crippen LogP contribution in [0.5, 0.6) is 0 Å². The number of hydrazone groups is 1. The number of amides is 10. The minimum Gasteiger partial charge on any atom is -0.368 e. The molecular weight excluding hydrogens is 1050 g/mol. The monoisotopic (exact) mass is 1140 g/mol. The van der Waals surface area contributed by atoms with Crippen LogP contribution in [0.15, 0.2) is 71.9 Å². The second-order valence-corrected chi connectivity index (χ2v) is 22.8. The molecule has 0 fully saturated rings. The van der Waals surface area contributed by atoms with Crippen LogP contribution in [0, 0.1) is 23.7 Å². The zero-order valence-electron chi connectivity index (χ0n) is 49.8. The summed E-state index contributed by atoms with van der Waals surface area (Å²) in [4.78, 5) is 134. The molecule has 1 heterocycles. The summed E-state index contributed by atoms with van der Waals surface area (Å²) >= 11 is 0. The van der Waals surface area contributed by atoms with Gasteiger partial charge in [-0.1, -0.05) is 92.3 Å². The number of nitrogens with zero attached hydrogens (tertiary/aromatic N) is 2. The van der Waals surface area contributed by atoms with E-state index in [0.717, 1.165) is 11.3 Å². The molecule has 24 heteroatoms. The molecule has 0 saturated heterocycles. The van der Waals surface area contributed by atoms with Gasteiger partial charge in [0.25, 0.3) is 5.91 Å². The Morgan fingerprint density at radius 1 is 0.598 bits per heavy atom. The molecule has 3 rings (SSSR count). The van der Waals surface area contributed by atoms with E-state index in [-0.39, 0.29) is 68.3 Å². The Morgan fingerprint density at radius 3 is 1.57 bits per heavy atom. The standard InChI is InChI=1S/C58H90N14O10/c1-33(2)31-44(48(59)74)65-52(77)42(23-18-20-30-61-51(76)40-27-25-39(26-28-40)49-69-71-72(70-49)41-21-15-14-16-22-41)64-56(81)47(36(7)8)67-57(82)58(12,13)68-54(79)45(32-34(3)4)66-53(78)43(24-17-19-29-60-50(75)37(9)10)63-55(80)46(35(5)6)62-38(11)73/h14-16,21-22,25-28,33-36,42-47,71H,9,17-20,23-24,29-32H2,1-8,10-13H3,(H2,59,74)(H,60,75)(H,61,76)(H,62,73)(H,63,80)(H,64,81)(H,65,77)(H,66,78)(H,67,82)(H,68,79)(H,69,70)/t42-,43-,44-,45-,46-,47-/m0/s1. The van der Waals surface area contributed by atoms with Crippen LogP contribution in [0.25, 0.3) is 0 Å². The van der Waals surface area contributed by atoms with Gasteiger partial charge in [-0.25, -0.2) is 0 Å². The van der Waals surface area contributed by atoms with Gasteiger partial charge in [0.05, 0.1) is 5.69 Å². The van der Waals surface area contributed by atoms with Crippen LogP contribution in [-0.2, 0) is 43.2 Å². The number of benzene rings is 2. The minimum absolute atomic E-state index is 0.0173. The number of nitrogens with one attached hydrogen (secondary N) is 11. The largest absolute Gasteiger partial charge is 0.368 e. The Bertz CT molecular complexity index is 2570. The molecule has 82 heavy (non-hydrogen) atoms. The number of anilines is 1. The maximum atomic E-state index is 14.2. The SMILES string of the molecule is C=C(C)C(=O)NCCCC[C@H](NC(=O)[C@@H](NC(C)=O)C(C)C)C(=O)N[C@@H](CC(C)C)C(=O)NC(C)(C)C(=O)N[C@H](C(=O)N[C@@H](CCCCNC(=O)c1ccc(C2=NNN(c3ccccc3)N2)cc1)C(=O)N[C@@H](CC(C)C)C(N)=O)C(C)C. The van der Waals surface area contributed by atoms with Crippen molar-refractivity contribution >= 4 is 70.6 Å². The van der Waals surface area contributed by atoms with Crippen molar-refractivity contribution in [3.05, 3.63) is 77.9 Å². The van der Waals surface area contributed by atoms with Crippen LogP contribution in [0.1, 0.15) is 150 Å². The summed E-state index contributed by atoms with van der Waals surface area (Å²) in [6.45, 7) is 24.1. The van der Waals surface area contributed by atoms with Gasteiger partial charge >= 0.3 is 0 Å². The number of nitrogens with two attached hydrogens (primary N) is 1. The van der Waals surface area contributed by atoms with Gasteiger partial charge in [-0.15, -0.1) is 5.10 Å². The van der Waals surface area contributed by atoms with E-state index in [2.05, 4.69) is 70.5 Å². The maximum Gasteiger partial charge on any atom is 0.251 e. The zero-order chi connectivity index (χ0) is 61.4. The number of carbonyl (C=O) groups is 10. The lowest BCUT2D eigenvalue weighted by Gasteiger charge is -2.32. The third-order valence-corrected chi connectivity index (χ3v) is 13.2. The average Bonchev–Trinajstić information content (AvgIpc) is 3.92. The van der Waals surface area contributed by atoms with Crippen LogP contribution >= 0.6 is 0 Å². The first-order valence-electron chi connectivity index (χ1n) is 28.2. The quantitative estimate of drug-likeness (QED) is 0.0354. The first kappa shape index (κ1) is 68.2. The van der Waals surface area contributed by atoms with Gasteiger partial charge in [0, 0.05) is 36.7 Å². The molecule has 13 N–H and O–H groups in total. The van der Waals surface area contributed by atoms with Crippen LogP contribution in [0.3, 0.4) is 0 Å². The highest BCUT2D eigenvalue weighted by molar-refractivity contribution is 6.02. The Morgan fingerprint density at radius 2 is 1.09 bits per heavy atom. The van der Waals surface area contributed by atoms with Gasteiger partial charge in [0.2, 0.25) is 53.2 Å². The van der Waals surface area contributed by atoms with Gasteiger partial charge in [0.1, 0.15) is 41.8 Å². The molecule has 0 radical (unpaired) electrons. The highest BCUT2D eigenvalue weighted by atomic mass is 16.2. The molecule has 6 atom stereocenters.